The van der Waals surface area contributed by atoms with Crippen LogP contribution in [0.25, 0.3) is 83.1 Å². The topological polar surface area (TPSA) is 44.8 Å². The fourth-order valence-electron chi connectivity index (χ4n) is 6.94. The van der Waals surface area contributed by atoms with Gasteiger partial charge < -0.3 is 9.55 Å². The van der Waals surface area contributed by atoms with Crippen LogP contribution in [0.2, 0.25) is 0 Å². The van der Waals surface area contributed by atoms with Gasteiger partial charge in [0.1, 0.15) is 0 Å². The first-order valence-corrected chi connectivity index (χ1v) is 16.4. The van der Waals surface area contributed by atoms with Gasteiger partial charge in [-0.25, -0.2) is 0 Å². The van der Waals surface area contributed by atoms with Crippen LogP contribution in [0.3, 0.4) is 0 Å². The average molecular weight is 812 g/mol. The second kappa shape index (κ2) is 12.0. The van der Waals surface area contributed by atoms with Crippen LogP contribution in [0.4, 0.5) is 0 Å². The maximum Gasteiger partial charge on any atom is 2.00 e. The van der Waals surface area contributed by atoms with Crippen molar-refractivity contribution in [3.63, 3.8) is 0 Å². The van der Waals surface area contributed by atoms with E-state index in [1.807, 2.05) is 24.4 Å². The molecule has 9 rings (SSSR count). The fraction of sp³-hybridized carbons (Fsp3) is 0.0909. The SMILES string of the molecule is CC(C)(C)c1cc(-c2[c-]c(-c3nc4c(-c5cccc6c5[n-]c5ccccc56)cccc4n3-c3ccccc3)ccc2)c2ncccc2c1.[Pt+2]. The Labute approximate surface area is 299 Å². The zero-order valence-corrected chi connectivity index (χ0v) is 29.7. The smallest absolute Gasteiger partial charge is 0.656 e. The molecule has 0 N–H and O–H groups in total. The van der Waals surface area contributed by atoms with Gasteiger partial charge in [-0.15, -0.1) is 40.9 Å². The third-order valence-electron chi connectivity index (χ3n) is 9.35. The number of hydrogen-bond donors (Lipinski definition) is 0. The van der Waals surface area contributed by atoms with Gasteiger partial charge in [0, 0.05) is 23.0 Å². The van der Waals surface area contributed by atoms with Gasteiger partial charge >= 0.3 is 21.1 Å². The summed E-state index contributed by atoms with van der Waals surface area (Å²) in [7, 11) is 0. The van der Waals surface area contributed by atoms with Gasteiger partial charge in [-0.2, -0.15) is 0 Å². The van der Waals surface area contributed by atoms with Crippen LogP contribution in [0.15, 0.2) is 140 Å². The number of hydrogen-bond acceptors (Lipinski definition) is 2. The third kappa shape index (κ3) is 5.19. The van der Waals surface area contributed by atoms with E-state index in [1.54, 1.807) is 0 Å². The molecule has 49 heavy (non-hydrogen) atoms. The van der Waals surface area contributed by atoms with Crippen LogP contribution in [0.5, 0.6) is 0 Å². The average Bonchev–Trinajstić information content (AvgIpc) is 3.70. The maximum absolute atomic E-state index is 5.44. The van der Waals surface area contributed by atoms with Crippen LogP contribution in [0.1, 0.15) is 26.3 Å². The Morgan fingerprint density at radius 3 is 2.22 bits per heavy atom. The van der Waals surface area contributed by atoms with Gasteiger partial charge in [0.05, 0.1) is 16.9 Å². The molecule has 0 aliphatic heterocycles. The van der Waals surface area contributed by atoms with E-state index in [0.29, 0.717) is 0 Å². The van der Waals surface area contributed by atoms with Crippen LogP contribution in [0, 0.1) is 6.07 Å². The Bertz CT molecular complexity index is 2660. The molecule has 0 radical (unpaired) electrons. The molecule has 9 aromatic rings. The van der Waals surface area contributed by atoms with Crippen LogP contribution < -0.4 is 4.98 Å². The second-order valence-corrected chi connectivity index (χ2v) is 13.4. The summed E-state index contributed by atoms with van der Waals surface area (Å²) in [5.41, 5.74) is 12.3. The van der Waals surface area contributed by atoms with Gasteiger partial charge in [0.25, 0.3) is 0 Å². The number of pyridine rings is 1. The minimum Gasteiger partial charge on any atom is -0.656 e. The minimum absolute atomic E-state index is 0. The fourth-order valence-corrected chi connectivity index (χ4v) is 6.94. The molecule has 0 spiro atoms. The number of benzene rings is 6. The summed E-state index contributed by atoms with van der Waals surface area (Å²) < 4.78 is 2.26. The zero-order valence-electron chi connectivity index (χ0n) is 27.4. The third-order valence-corrected chi connectivity index (χ3v) is 9.35. The molecule has 0 atom stereocenters. The molecular formula is C44H32N4Pt. The predicted octanol–water partition coefficient (Wildman–Crippen LogP) is 10.9. The van der Waals surface area contributed by atoms with Gasteiger partial charge in [-0.1, -0.05) is 123 Å². The summed E-state index contributed by atoms with van der Waals surface area (Å²) in [5.74, 6) is 0.836. The summed E-state index contributed by atoms with van der Waals surface area (Å²) in [6.07, 6.45) is 1.87. The molecule has 4 nitrogen and oxygen atoms in total. The number of para-hydroxylation sites is 4. The van der Waals surface area contributed by atoms with Gasteiger partial charge in [0.15, 0.2) is 0 Å². The van der Waals surface area contributed by atoms with E-state index in [0.717, 1.165) is 77.7 Å². The van der Waals surface area contributed by atoms with Crippen molar-refractivity contribution in [2.45, 2.75) is 26.2 Å². The Hall–Kier alpha value is -5.31. The van der Waals surface area contributed by atoms with Crippen molar-refractivity contribution in [1.29, 1.82) is 0 Å². The zero-order chi connectivity index (χ0) is 32.4. The Morgan fingerprint density at radius 2 is 1.37 bits per heavy atom. The molecule has 0 saturated heterocycles. The molecule has 0 unspecified atom stereocenters. The molecule has 0 aliphatic carbocycles. The molecular weight excluding hydrogens is 780 g/mol. The Balaban J connectivity index is 0.00000348. The number of imidazole rings is 1. The van der Waals surface area contributed by atoms with E-state index in [9.17, 15) is 0 Å². The molecule has 6 aromatic carbocycles. The number of rotatable bonds is 4. The standard InChI is InChI=1S/C44H32N4.Pt/c1-44(2,3)31-26-29-15-12-24-45-40(29)37(27-31)28-13-9-14-30(25-28)43-47-42-36(21-11-23-39(42)48(43)32-16-5-4-6-17-32)35-20-10-19-34-33-18-7-8-22-38(33)46-41(34)35;/h4-24,26-27H,1-3H3;/q-2;+2. The van der Waals surface area contributed by atoms with E-state index in [2.05, 4.69) is 147 Å². The van der Waals surface area contributed by atoms with E-state index in [1.165, 1.54) is 10.9 Å². The van der Waals surface area contributed by atoms with Gasteiger partial charge in [0.2, 0.25) is 0 Å². The molecule has 0 aliphatic rings. The normalized spacial score (nSPS) is 11.8. The Morgan fingerprint density at radius 1 is 0.633 bits per heavy atom. The van der Waals surface area contributed by atoms with Gasteiger partial charge in [-0.05, 0) is 57.0 Å². The van der Waals surface area contributed by atoms with Crippen molar-refractivity contribution in [2.75, 3.05) is 0 Å². The summed E-state index contributed by atoms with van der Waals surface area (Å²) in [5, 5.41) is 3.45. The van der Waals surface area contributed by atoms with Crippen molar-refractivity contribution in [2.24, 2.45) is 0 Å². The molecule has 0 bridgehead atoms. The van der Waals surface area contributed by atoms with E-state index in [4.69, 9.17) is 15.0 Å². The quantitative estimate of drug-likeness (QED) is 0.166. The van der Waals surface area contributed by atoms with E-state index < -0.39 is 0 Å². The van der Waals surface area contributed by atoms with Crippen LogP contribution in [-0.2, 0) is 26.5 Å². The summed E-state index contributed by atoms with van der Waals surface area (Å²) >= 11 is 0. The maximum atomic E-state index is 5.44. The molecule has 0 saturated carbocycles. The molecule has 3 heterocycles. The Kier molecular flexibility index (Phi) is 7.58. The van der Waals surface area contributed by atoms with E-state index in [-0.39, 0.29) is 26.5 Å². The monoisotopic (exact) mass is 811 g/mol. The predicted molar refractivity (Wildman–Crippen MR) is 199 cm³/mol. The van der Waals surface area contributed by atoms with Crippen LogP contribution >= 0.6 is 0 Å². The van der Waals surface area contributed by atoms with Crippen molar-refractivity contribution < 1.29 is 21.1 Å². The molecule has 5 heteroatoms. The van der Waals surface area contributed by atoms with Gasteiger partial charge in [-0.3, -0.25) is 9.97 Å². The largest absolute Gasteiger partial charge is 2.00 e. The second-order valence-electron chi connectivity index (χ2n) is 13.4. The van der Waals surface area contributed by atoms with Crippen molar-refractivity contribution >= 4 is 43.7 Å². The number of nitrogens with zero attached hydrogens (tertiary/aromatic N) is 4. The minimum atomic E-state index is -0.0145. The number of fused-ring (bicyclic) bond motifs is 5. The summed E-state index contributed by atoms with van der Waals surface area (Å²) in [6.45, 7) is 6.76. The number of aromatic nitrogens is 4. The van der Waals surface area contributed by atoms with E-state index >= 15 is 0 Å². The van der Waals surface area contributed by atoms with Crippen molar-refractivity contribution in [3.05, 3.63) is 151 Å². The molecule has 3 aromatic heterocycles. The summed E-state index contributed by atoms with van der Waals surface area (Å²) in [6, 6.07) is 50.6. The summed E-state index contributed by atoms with van der Waals surface area (Å²) in [4.78, 5) is 15.4. The van der Waals surface area contributed by atoms with Crippen molar-refractivity contribution in [3.8, 4) is 39.3 Å². The molecule has 0 amide bonds. The first-order valence-electron chi connectivity index (χ1n) is 16.4. The van der Waals surface area contributed by atoms with Crippen molar-refractivity contribution in [1.82, 2.24) is 19.5 Å². The first kappa shape index (κ1) is 31.0. The van der Waals surface area contributed by atoms with Crippen LogP contribution in [-0.4, -0.2) is 14.5 Å². The molecule has 0 fully saturated rings. The first-order chi connectivity index (χ1) is 23.4. The molecule has 238 valence electrons.